The highest BCUT2D eigenvalue weighted by atomic mass is 16.2. The third-order valence-corrected chi connectivity index (χ3v) is 5.38. The van der Waals surface area contributed by atoms with Crippen LogP contribution in [0.3, 0.4) is 0 Å². The first-order chi connectivity index (χ1) is 11.9. The molecule has 3 rings (SSSR count). The number of hydrogen-bond donors (Lipinski definition) is 0. The zero-order chi connectivity index (χ0) is 18.1. The van der Waals surface area contributed by atoms with Crippen molar-refractivity contribution >= 4 is 11.8 Å². The number of carbonyl (C=O) groups is 2. The summed E-state index contributed by atoms with van der Waals surface area (Å²) in [6.45, 7) is 6.07. The van der Waals surface area contributed by atoms with Crippen molar-refractivity contribution in [1.82, 2.24) is 19.6 Å². The molecule has 6 nitrogen and oxygen atoms in total. The average molecular weight is 344 g/mol. The molecule has 6 heteroatoms. The average Bonchev–Trinajstić information content (AvgIpc) is 3.00. The summed E-state index contributed by atoms with van der Waals surface area (Å²) < 4.78 is 0. The van der Waals surface area contributed by atoms with Gasteiger partial charge in [-0.25, -0.2) is 0 Å². The molecule has 1 fully saturated rings. The van der Waals surface area contributed by atoms with Gasteiger partial charge in [-0.15, -0.1) is 0 Å². The lowest BCUT2D eigenvalue weighted by atomic mass is 10.0. The Morgan fingerprint density at radius 2 is 1.68 bits per heavy atom. The maximum absolute atomic E-state index is 13.0. The van der Waals surface area contributed by atoms with Crippen LogP contribution in [0, 0.1) is 0 Å². The molecule has 2 aliphatic heterocycles. The number of hydrogen-bond acceptors (Lipinski definition) is 4. The quantitative estimate of drug-likeness (QED) is 0.816. The van der Waals surface area contributed by atoms with Crippen LogP contribution < -0.4 is 0 Å². The molecule has 1 atom stereocenters. The Morgan fingerprint density at radius 1 is 1.04 bits per heavy atom. The predicted octanol–water partition coefficient (Wildman–Crippen LogP) is 0.867. The monoisotopic (exact) mass is 344 g/mol. The summed E-state index contributed by atoms with van der Waals surface area (Å²) in [5.74, 6) is 0.235. The van der Waals surface area contributed by atoms with Gasteiger partial charge in [0.1, 0.15) is 0 Å². The fourth-order valence-corrected chi connectivity index (χ4v) is 3.57. The van der Waals surface area contributed by atoms with Gasteiger partial charge in [-0.05, 0) is 45.3 Å². The van der Waals surface area contributed by atoms with Crippen LogP contribution in [-0.4, -0.2) is 84.8 Å². The molecule has 1 aromatic rings. The maximum Gasteiger partial charge on any atom is 0.254 e. The minimum absolute atomic E-state index is 0.0971. The van der Waals surface area contributed by atoms with Gasteiger partial charge < -0.3 is 9.80 Å². The number of amides is 2. The van der Waals surface area contributed by atoms with Crippen LogP contribution in [0.15, 0.2) is 18.2 Å². The zero-order valence-electron chi connectivity index (χ0n) is 15.7. The van der Waals surface area contributed by atoms with Gasteiger partial charge in [-0.1, -0.05) is 12.1 Å². The van der Waals surface area contributed by atoms with Gasteiger partial charge in [0.25, 0.3) is 5.91 Å². The van der Waals surface area contributed by atoms with Gasteiger partial charge in [0.15, 0.2) is 0 Å². The molecule has 0 spiro atoms. The molecule has 1 unspecified atom stereocenters. The molecule has 2 aliphatic rings. The first kappa shape index (κ1) is 17.9. The van der Waals surface area contributed by atoms with Crippen molar-refractivity contribution in [2.75, 3.05) is 47.3 Å². The Labute approximate surface area is 150 Å². The third-order valence-electron chi connectivity index (χ3n) is 5.38. The van der Waals surface area contributed by atoms with E-state index in [2.05, 4.69) is 18.0 Å². The summed E-state index contributed by atoms with van der Waals surface area (Å²) in [5.41, 5.74) is 3.24. The van der Waals surface area contributed by atoms with Gasteiger partial charge in [-0.3, -0.25) is 19.4 Å². The van der Waals surface area contributed by atoms with Gasteiger partial charge in [-0.2, -0.15) is 0 Å². The molecule has 0 bridgehead atoms. The zero-order valence-corrected chi connectivity index (χ0v) is 15.7. The van der Waals surface area contributed by atoms with Crippen LogP contribution in [0.25, 0.3) is 0 Å². The third kappa shape index (κ3) is 3.55. The Kier molecular flexibility index (Phi) is 5.11. The minimum atomic E-state index is -0.129. The number of fused-ring (bicyclic) bond motifs is 1. The number of likely N-dealkylation sites (N-methyl/N-ethyl adjacent to an activating group) is 1. The fourth-order valence-electron chi connectivity index (χ4n) is 3.57. The normalized spacial score (nSPS) is 19.2. The Bertz CT molecular complexity index is 665. The van der Waals surface area contributed by atoms with E-state index in [-0.39, 0.29) is 17.9 Å². The summed E-state index contributed by atoms with van der Waals surface area (Å²) >= 11 is 0. The number of piperazine rings is 1. The molecule has 1 saturated heterocycles. The number of carbonyl (C=O) groups excluding carboxylic acids is 2. The van der Waals surface area contributed by atoms with Crippen LogP contribution in [-0.2, 0) is 17.9 Å². The van der Waals surface area contributed by atoms with Crippen LogP contribution in [0.4, 0.5) is 0 Å². The van der Waals surface area contributed by atoms with Gasteiger partial charge in [0.05, 0.1) is 6.04 Å². The van der Waals surface area contributed by atoms with Gasteiger partial charge in [0.2, 0.25) is 5.91 Å². The molecule has 2 amide bonds. The number of rotatable bonds is 3. The number of benzene rings is 1. The molecule has 0 radical (unpaired) electrons. The van der Waals surface area contributed by atoms with Gasteiger partial charge in [0, 0.05) is 44.8 Å². The molecule has 2 heterocycles. The van der Waals surface area contributed by atoms with Crippen molar-refractivity contribution in [3.63, 3.8) is 0 Å². The summed E-state index contributed by atoms with van der Waals surface area (Å²) in [6, 6.07) is 5.89. The second kappa shape index (κ2) is 7.14. The van der Waals surface area contributed by atoms with E-state index in [4.69, 9.17) is 0 Å². The first-order valence-electron chi connectivity index (χ1n) is 8.92. The largest absolute Gasteiger partial charge is 0.338 e. The lowest BCUT2D eigenvalue weighted by Crippen LogP contribution is -2.54. The SMILES string of the molecule is CC(C(=O)N1CCN(C(=O)c2cccc3c2CN(C)C3)CC1)N(C)C. The lowest BCUT2D eigenvalue weighted by molar-refractivity contribution is -0.137. The summed E-state index contributed by atoms with van der Waals surface area (Å²) in [7, 11) is 5.90. The second-order valence-electron chi connectivity index (χ2n) is 7.37. The van der Waals surface area contributed by atoms with Crippen LogP contribution >= 0.6 is 0 Å². The molecule has 0 aromatic heterocycles. The molecule has 0 aliphatic carbocycles. The van der Waals surface area contributed by atoms with E-state index in [1.54, 1.807) is 0 Å². The molecule has 0 N–H and O–H groups in total. The maximum atomic E-state index is 13.0. The molecule has 0 saturated carbocycles. The molecule has 136 valence electrons. The van der Waals surface area contributed by atoms with Gasteiger partial charge >= 0.3 is 0 Å². The highest BCUT2D eigenvalue weighted by Gasteiger charge is 2.30. The molecule has 25 heavy (non-hydrogen) atoms. The van der Waals surface area contributed by atoms with Crippen molar-refractivity contribution in [2.45, 2.75) is 26.1 Å². The van der Waals surface area contributed by atoms with E-state index < -0.39 is 0 Å². The topological polar surface area (TPSA) is 47.1 Å². The summed E-state index contributed by atoms with van der Waals surface area (Å²) in [5, 5.41) is 0. The summed E-state index contributed by atoms with van der Waals surface area (Å²) in [4.78, 5) is 33.3. The number of nitrogens with zero attached hydrogens (tertiary/aromatic N) is 4. The van der Waals surface area contributed by atoms with E-state index in [9.17, 15) is 9.59 Å². The fraction of sp³-hybridized carbons (Fsp3) is 0.579. The van der Waals surface area contributed by atoms with E-state index in [1.165, 1.54) is 5.56 Å². The van der Waals surface area contributed by atoms with Crippen molar-refractivity contribution < 1.29 is 9.59 Å². The van der Waals surface area contributed by atoms with Crippen LogP contribution in [0.5, 0.6) is 0 Å². The van der Waals surface area contributed by atoms with E-state index >= 15 is 0 Å². The van der Waals surface area contributed by atoms with Crippen LogP contribution in [0.2, 0.25) is 0 Å². The van der Waals surface area contributed by atoms with E-state index in [0.717, 1.165) is 24.2 Å². The van der Waals surface area contributed by atoms with Crippen molar-refractivity contribution in [2.24, 2.45) is 0 Å². The Hall–Kier alpha value is -1.92. The Balaban J connectivity index is 1.65. The Morgan fingerprint density at radius 3 is 2.32 bits per heavy atom. The van der Waals surface area contributed by atoms with Crippen molar-refractivity contribution in [3.8, 4) is 0 Å². The summed E-state index contributed by atoms with van der Waals surface area (Å²) in [6.07, 6.45) is 0. The first-order valence-corrected chi connectivity index (χ1v) is 8.92. The minimum Gasteiger partial charge on any atom is -0.338 e. The highest BCUT2D eigenvalue weighted by Crippen LogP contribution is 2.26. The lowest BCUT2D eigenvalue weighted by Gasteiger charge is -2.37. The molecular weight excluding hydrogens is 316 g/mol. The smallest absolute Gasteiger partial charge is 0.254 e. The molecular formula is C19H28N4O2. The van der Waals surface area contributed by atoms with E-state index in [1.807, 2.05) is 47.9 Å². The van der Waals surface area contributed by atoms with Crippen LogP contribution in [0.1, 0.15) is 28.4 Å². The predicted molar refractivity (Wildman–Crippen MR) is 97.2 cm³/mol. The van der Waals surface area contributed by atoms with Crippen molar-refractivity contribution in [1.29, 1.82) is 0 Å². The van der Waals surface area contributed by atoms with Crippen molar-refractivity contribution in [3.05, 3.63) is 34.9 Å². The molecule has 1 aromatic carbocycles. The highest BCUT2D eigenvalue weighted by molar-refractivity contribution is 5.96. The second-order valence-corrected chi connectivity index (χ2v) is 7.37. The van der Waals surface area contributed by atoms with E-state index in [0.29, 0.717) is 26.2 Å². The standard InChI is InChI=1S/C19H28N4O2/c1-14(20(2)3)18(24)22-8-10-23(11-9-22)19(25)16-7-5-6-15-12-21(4)13-17(15)16/h5-7,14H,8-13H2,1-4H3.